The fourth-order valence-electron chi connectivity index (χ4n) is 4.59. The summed E-state index contributed by atoms with van der Waals surface area (Å²) in [5.74, 6) is -1.17. The molecule has 0 aromatic heterocycles. The quantitative estimate of drug-likeness (QED) is 0.704. The van der Waals surface area contributed by atoms with Crippen LogP contribution in [0.3, 0.4) is 0 Å². The number of aryl methyl sites for hydroxylation is 1. The second-order valence-electron chi connectivity index (χ2n) is 7.81. The Labute approximate surface area is 198 Å². The molecule has 26 heavy (non-hydrogen) atoms. The van der Waals surface area contributed by atoms with Crippen LogP contribution in [0.1, 0.15) is 63.9 Å². The van der Waals surface area contributed by atoms with Gasteiger partial charge >= 0.3 is 57.4 Å². The number of benzene rings is 1. The van der Waals surface area contributed by atoms with Crippen LogP contribution in [0.15, 0.2) is 24.3 Å². The molecule has 3 rings (SSSR count). The van der Waals surface area contributed by atoms with Gasteiger partial charge in [-0.05, 0) is 55.2 Å². The molecular formula is C20H27KN2O3. The number of hydrogen-bond acceptors (Lipinski definition) is 3. The van der Waals surface area contributed by atoms with Gasteiger partial charge in [0.2, 0.25) is 0 Å². The zero-order valence-electron chi connectivity index (χ0n) is 15.9. The summed E-state index contributed by atoms with van der Waals surface area (Å²) in [6.07, 6.45) is 8.71. The van der Waals surface area contributed by atoms with E-state index in [-0.39, 0.29) is 56.8 Å². The van der Waals surface area contributed by atoms with Gasteiger partial charge in [0.1, 0.15) is 0 Å². The van der Waals surface area contributed by atoms with E-state index in [1.165, 1.54) is 12.0 Å². The Morgan fingerprint density at radius 2 is 1.69 bits per heavy atom. The smallest absolute Gasteiger partial charge is 0.548 e. The third-order valence-electron chi connectivity index (χ3n) is 5.76. The molecule has 2 amide bonds. The molecule has 2 aliphatic rings. The van der Waals surface area contributed by atoms with Crippen molar-refractivity contribution >= 4 is 17.7 Å². The summed E-state index contributed by atoms with van der Waals surface area (Å²) >= 11 is 0. The number of carbonyl (C=O) groups is 2. The minimum absolute atomic E-state index is 0. The van der Waals surface area contributed by atoms with Gasteiger partial charge in [-0.2, -0.15) is 0 Å². The first-order chi connectivity index (χ1) is 12.0. The fraction of sp³-hybridized carbons (Fsp3) is 0.600. The van der Waals surface area contributed by atoms with Crippen molar-refractivity contribution < 1.29 is 66.1 Å². The number of nitrogens with one attached hydrogen (secondary N) is 2. The number of hydrogen-bond donors (Lipinski definition) is 2. The summed E-state index contributed by atoms with van der Waals surface area (Å²) in [4.78, 5) is 24.0. The third kappa shape index (κ3) is 4.90. The second-order valence-corrected chi connectivity index (χ2v) is 7.81. The summed E-state index contributed by atoms with van der Waals surface area (Å²) in [7, 11) is 0. The fourth-order valence-corrected chi connectivity index (χ4v) is 4.59. The Morgan fingerprint density at radius 1 is 1.08 bits per heavy atom. The van der Waals surface area contributed by atoms with E-state index in [0.29, 0.717) is 18.5 Å². The first-order valence-corrected chi connectivity index (χ1v) is 9.37. The molecule has 1 aromatic carbocycles. The predicted molar refractivity (Wildman–Crippen MR) is 95.1 cm³/mol. The average Bonchev–Trinajstić information content (AvgIpc) is 2.56. The van der Waals surface area contributed by atoms with Crippen LogP contribution in [0.4, 0.5) is 10.5 Å². The van der Waals surface area contributed by atoms with Gasteiger partial charge in [-0.1, -0.05) is 44.7 Å². The Balaban J connectivity index is 0.00000243. The van der Waals surface area contributed by atoms with Crippen molar-refractivity contribution in [3.8, 4) is 0 Å². The Bertz CT molecular complexity index is 631. The minimum atomic E-state index is -1.22. The van der Waals surface area contributed by atoms with Crippen molar-refractivity contribution in [1.82, 2.24) is 5.32 Å². The van der Waals surface area contributed by atoms with Crippen molar-refractivity contribution in [2.45, 2.75) is 70.3 Å². The molecule has 2 N–H and O–H groups in total. The van der Waals surface area contributed by atoms with Gasteiger partial charge < -0.3 is 20.5 Å². The monoisotopic (exact) mass is 382 g/mol. The Hall–Kier alpha value is -0.404. The topological polar surface area (TPSA) is 81.3 Å². The third-order valence-corrected chi connectivity index (χ3v) is 5.76. The number of aliphatic carboxylic acids is 1. The maximum Gasteiger partial charge on any atom is 1.00 e. The molecule has 2 fully saturated rings. The number of amides is 2. The van der Waals surface area contributed by atoms with Crippen LogP contribution in [0.2, 0.25) is 0 Å². The molecule has 1 aromatic rings. The standard InChI is InChI=1S/C20H28N2O3.K/c1-2-6-15-7-9-16(10-8-15)21-18(25)22-20(17(23)24)13-19(14-20)11-4-3-5-12-19;/h7-10H,2-6,11-14H2,1H3,(H,23,24)(H2,21,22,25);/q;+1/p-1. The SMILES string of the molecule is CCCc1ccc(NC(=O)NC2(C(=O)[O-])CC3(CCCCC3)C2)cc1.[K+]. The number of carbonyl (C=O) groups excluding carboxylic acids is 2. The summed E-state index contributed by atoms with van der Waals surface area (Å²) < 4.78 is 0. The van der Waals surface area contributed by atoms with Crippen LogP contribution in [-0.2, 0) is 11.2 Å². The van der Waals surface area contributed by atoms with Gasteiger partial charge in [0.15, 0.2) is 0 Å². The summed E-state index contributed by atoms with van der Waals surface area (Å²) in [6.45, 7) is 2.12. The van der Waals surface area contributed by atoms with E-state index in [0.717, 1.165) is 38.5 Å². The number of urea groups is 1. The maximum absolute atomic E-state index is 12.3. The van der Waals surface area contributed by atoms with Gasteiger partial charge in [-0.25, -0.2) is 4.79 Å². The van der Waals surface area contributed by atoms with Gasteiger partial charge in [-0.3, -0.25) is 0 Å². The number of anilines is 1. The molecule has 0 atom stereocenters. The van der Waals surface area contributed by atoms with E-state index < -0.39 is 17.5 Å². The molecule has 0 radical (unpaired) electrons. The van der Waals surface area contributed by atoms with E-state index in [9.17, 15) is 14.7 Å². The Morgan fingerprint density at radius 3 is 2.23 bits per heavy atom. The molecule has 0 aliphatic heterocycles. The Kier molecular flexibility index (Phi) is 7.74. The van der Waals surface area contributed by atoms with Crippen molar-refractivity contribution in [2.24, 2.45) is 5.41 Å². The molecular weight excluding hydrogens is 355 g/mol. The molecule has 2 aliphatic carbocycles. The molecule has 0 saturated heterocycles. The second kappa shape index (κ2) is 9.19. The molecule has 5 nitrogen and oxygen atoms in total. The molecule has 0 bridgehead atoms. The van der Waals surface area contributed by atoms with Crippen LogP contribution in [0.25, 0.3) is 0 Å². The molecule has 6 heteroatoms. The van der Waals surface area contributed by atoms with Crippen LogP contribution < -0.4 is 67.1 Å². The zero-order valence-corrected chi connectivity index (χ0v) is 19.0. The van der Waals surface area contributed by atoms with Crippen LogP contribution in [-0.4, -0.2) is 17.5 Å². The van der Waals surface area contributed by atoms with E-state index in [2.05, 4.69) is 17.6 Å². The molecule has 0 unspecified atom stereocenters. The van der Waals surface area contributed by atoms with Crippen molar-refractivity contribution in [3.63, 3.8) is 0 Å². The van der Waals surface area contributed by atoms with E-state index in [1.807, 2.05) is 24.3 Å². The largest absolute Gasteiger partial charge is 1.00 e. The minimum Gasteiger partial charge on any atom is -0.548 e. The maximum atomic E-state index is 12.3. The first kappa shape index (κ1) is 21.9. The van der Waals surface area contributed by atoms with Gasteiger partial charge in [-0.15, -0.1) is 0 Å². The summed E-state index contributed by atoms with van der Waals surface area (Å²) in [5.41, 5.74) is 0.757. The molecule has 2 saturated carbocycles. The molecule has 136 valence electrons. The van der Waals surface area contributed by atoms with Crippen LogP contribution in [0.5, 0.6) is 0 Å². The number of carboxylic acid groups (broad SMARTS) is 1. The van der Waals surface area contributed by atoms with Gasteiger partial charge in [0, 0.05) is 5.69 Å². The molecule has 1 spiro atoms. The summed E-state index contributed by atoms with van der Waals surface area (Å²) in [5, 5.41) is 17.1. The van der Waals surface area contributed by atoms with Crippen molar-refractivity contribution in [3.05, 3.63) is 29.8 Å². The van der Waals surface area contributed by atoms with Crippen molar-refractivity contribution in [2.75, 3.05) is 5.32 Å². The van der Waals surface area contributed by atoms with Crippen molar-refractivity contribution in [1.29, 1.82) is 0 Å². The van der Waals surface area contributed by atoms with E-state index in [1.54, 1.807) is 0 Å². The van der Waals surface area contributed by atoms with Gasteiger partial charge in [0.25, 0.3) is 0 Å². The van der Waals surface area contributed by atoms with Crippen LogP contribution >= 0.6 is 0 Å². The average molecular weight is 383 g/mol. The normalized spacial score (nSPS) is 19.7. The van der Waals surface area contributed by atoms with E-state index in [4.69, 9.17) is 0 Å². The van der Waals surface area contributed by atoms with E-state index >= 15 is 0 Å². The predicted octanol–water partition coefficient (Wildman–Crippen LogP) is -0.00240. The first-order valence-electron chi connectivity index (χ1n) is 9.37. The number of rotatable bonds is 5. The molecule has 0 heterocycles. The summed E-state index contributed by atoms with van der Waals surface area (Å²) in [6, 6.07) is 7.18. The van der Waals surface area contributed by atoms with Gasteiger partial charge in [0.05, 0.1) is 11.5 Å². The zero-order chi connectivity index (χ0) is 17.9. The number of carboxylic acids is 1. The van der Waals surface area contributed by atoms with Crippen LogP contribution in [0, 0.1) is 5.41 Å².